The van der Waals surface area contributed by atoms with Crippen LogP contribution in [0.5, 0.6) is 5.75 Å². The first kappa shape index (κ1) is 21.9. The summed E-state index contributed by atoms with van der Waals surface area (Å²) in [4.78, 5) is 23.8. The van der Waals surface area contributed by atoms with Crippen molar-refractivity contribution in [1.29, 1.82) is 0 Å². The molecule has 26 heavy (non-hydrogen) atoms. The van der Waals surface area contributed by atoms with Crippen molar-refractivity contribution in [2.24, 2.45) is 0 Å². The lowest BCUT2D eigenvalue weighted by molar-refractivity contribution is -0.124. The van der Waals surface area contributed by atoms with Crippen molar-refractivity contribution in [3.8, 4) is 5.75 Å². The van der Waals surface area contributed by atoms with Crippen LogP contribution in [-0.2, 0) is 19.6 Å². The van der Waals surface area contributed by atoms with E-state index in [1.165, 1.54) is 39.4 Å². The highest BCUT2D eigenvalue weighted by molar-refractivity contribution is 7.89. The Kier molecular flexibility index (Phi) is 8.04. The van der Waals surface area contributed by atoms with E-state index < -0.39 is 28.5 Å². The predicted molar refractivity (Wildman–Crippen MR) is 96.7 cm³/mol. The second kappa shape index (κ2) is 9.54. The molecule has 9 heteroatoms. The van der Waals surface area contributed by atoms with E-state index in [2.05, 4.69) is 5.32 Å². The number of carbonyl (C=O) groups is 2. The van der Waals surface area contributed by atoms with Gasteiger partial charge in [-0.2, -0.15) is 0 Å². The van der Waals surface area contributed by atoms with Crippen LogP contribution in [0.25, 0.3) is 0 Å². The van der Waals surface area contributed by atoms with Crippen LogP contribution in [0.15, 0.2) is 23.1 Å². The van der Waals surface area contributed by atoms with Crippen molar-refractivity contribution in [1.82, 2.24) is 9.62 Å². The zero-order valence-corrected chi connectivity index (χ0v) is 16.6. The van der Waals surface area contributed by atoms with E-state index in [4.69, 9.17) is 9.47 Å². The second-order valence-electron chi connectivity index (χ2n) is 5.99. The van der Waals surface area contributed by atoms with Crippen LogP contribution in [0.4, 0.5) is 0 Å². The van der Waals surface area contributed by atoms with Gasteiger partial charge in [-0.25, -0.2) is 17.5 Å². The molecule has 1 atom stereocenters. The van der Waals surface area contributed by atoms with Crippen molar-refractivity contribution in [2.75, 3.05) is 27.8 Å². The monoisotopic (exact) mass is 386 g/mol. The van der Waals surface area contributed by atoms with E-state index in [9.17, 15) is 18.0 Å². The molecule has 146 valence electrons. The maximum atomic E-state index is 12.4. The highest BCUT2D eigenvalue weighted by Crippen LogP contribution is 2.27. The van der Waals surface area contributed by atoms with Crippen LogP contribution in [0, 0.1) is 0 Å². The summed E-state index contributed by atoms with van der Waals surface area (Å²) < 4.78 is 35.8. The van der Waals surface area contributed by atoms with E-state index in [0.717, 1.165) is 17.1 Å². The van der Waals surface area contributed by atoms with Crippen LogP contribution in [0.3, 0.4) is 0 Å². The standard InChI is InChI=1S/C17H26N2O6S/c1-6-7-12(2)18-16(20)11-25-17(21)13-8-9-14(24-5)15(10-13)26(22,23)19(3)4/h8-10,12H,6-7,11H2,1-5H3,(H,18,20). The van der Waals surface area contributed by atoms with Gasteiger partial charge in [-0.05, 0) is 31.5 Å². The lowest BCUT2D eigenvalue weighted by Crippen LogP contribution is -2.35. The molecule has 0 aromatic heterocycles. The van der Waals surface area contributed by atoms with Crippen LogP contribution in [0.1, 0.15) is 37.0 Å². The van der Waals surface area contributed by atoms with Crippen molar-refractivity contribution in [3.05, 3.63) is 23.8 Å². The second-order valence-corrected chi connectivity index (χ2v) is 8.11. The Labute approximate surface area is 154 Å². The summed E-state index contributed by atoms with van der Waals surface area (Å²) in [5.74, 6) is -1.09. The number of benzene rings is 1. The van der Waals surface area contributed by atoms with Gasteiger partial charge in [0.25, 0.3) is 5.91 Å². The largest absolute Gasteiger partial charge is 0.495 e. The number of carbonyl (C=O) groups excluding carboxylic acids is 2. The minimum Gasteiger partial charge on any atom is -0.495 e. The third-order valence-electron chi connectivity index (χ3n) is 3.62. The summed E-state index contributed by atoms with van der Waals surface area (Å²) in [5, 5.41) is 2.72. The van der Waals surface area contributed by atoms with Gasteiger partial charge in [0.05, 0.1) is 12.7 Å². The number of hydrogen-bond acceptors (Lipinski definition) is 6. The summed E-state index contributed by atoms with van der Waals surface area (Å²) in [6.45, 7) is 3.44. The average Bonchev–Trinajstić information content (AvgIpc) is 2.59. The van der Waals surface area contributed by atoms with Crippen molar-refractivity contribution < 1.29 is 27.5 Å². The molecule has 1 N–H and O–H groups in total. The summed E-state index contributed by atoms with van der Waals surface area (Å²) in [6.07, 6.45) is 1.75. The number of esters is 1. The lowest BCUT2D eigenvalue weighted by atomic mass is 10.2. The molecule has 8 nitrogen and oxygen atoms in total. The molecule has 1 aromatic rings. The van der Waals surface area contributed by atoms with Gasteiger partial charge < -0.3 is 14.8 Å². The lowest BCUT2D eigenvalue weighted by Gasteiger charge is -2.15. The molecule has 0 saturated heterocycles. The van der Waals surface area contributed by atoms with Gasteiger partial charge in [-0.15, -0.1) is 0 Å². The fourth-order valence-corrected chi connectivity index (χ4v) is 3.31. The summed E-state index contributed by atoms with van der Waals surface area (Å²) in [5.41, 5.74) is 0.0145. The van der Waals surface area contributed by atoms with Gasteiger partial charge in [0.15, 0.2) is 6.61 Å². The van der Waals surface area contributed by atoms with E-state index in [-0.39, 0.29) is 22.3 Å². The van der Waals surface area contributed by atoms with Crippen LogP contribution >= 0.6 is 0 Å². The van der Waals surface area contributed by atoms with E-state index in [0.29, 0.717) is 0 Å². The number of ether oxygens (including phenoxy) is 2. The first-order valence-electron chi connectivity index (χ1n) is 8.20. The van der Waals surface area contributed by atoms with Gasteiger partial charge in [-0.3, -0.25) is 4.79 Å². The molecule has 0 aliphatic rings. The molecule has 0 aliphatic carbocycles. The van der Waals surface area contributed by atoms with Crippen molar-refractivity contribution >= 4 is 21.9 Å². The van der Waals surface area contributed by atoms with Gasteiger partial charge in [0.2, 0.25) is 10.0 Å². The number of nitrogens with zero attached hydrogens (tertiary/aromatic N) is 1. The number of methoxy groups -OCH3 is 1. The van der Waals surface area contributed by atoms with Crippen molar-refractivity contribution in [2.45, 2.75) is 37.6 Å². The van der Waals surface area contributed by atoms with Gasteiger partial charge in [-0.1, -0.05) is 13.3 Å². The maximum absolute atomic E-state index is 12.4. The van der Waals surface area contributed by atoms with E-state index in [1.54, 1.807) is 0 Å². The van der Waals surface area contributed by atoms with E-state index >= 15 is 0 Å². The molecule has 0 bridgehead atoms. The predicted octanol–water partition coefficient (Wildman–Crippen LogP) is 1.41. The number of sulfonamides is 1. The fourth-order valence-electron chi connectivity index (χ4n) is 2.24. The Morgan fingerprint density at radius 3 is 2.46 bits per heavy atom. The molecule has 1 rings (SSSR count). The highest BCUT2D eigenvalue weighted by atomic mass is 32.2. The minimum atomic E-state index is -3.81. The summed E-state index contributed by atoms with van der Waals surface area (Å²) in [6, 6.07) is 3.92. The first-order chi connectivity index (χ1) is 12.1. The summed E-state index contributed by atoms with van der Waals surface area (Å²) >= 11 is 0. The highest BCUT2D eigenvalue weighted by Gasteiger charge is 2.24. The third kappa shape index (κ3) is 5.70. The Bertz CT molecular complexity index is 746. The Morgan fingerprint density at radius 2 is 1.92 bits per heavy atom. The first-order valence-corrected chi connectivity index (χ1v) is 9.64. The average molecular weight is 386 g/mol. The molecular weight excluding hydrogens is 360 g/mol. The van der Waals surface area contributed by atoms with Gasteiger partial charge in [0.1, 0.15) is 10.6 Å². The van der Waals surface area contributed by atoms with E-state index in [1.807, 2.05) is 13.8 Å². The zero-order valence-electron chi connectivity index (χ0n) is 15.7. The molecule has 0 fully saturated rings. The number of amides is 1. The maximum Gasteiger partial charge on any atom is 0.338 e. The molecule has 0 aliphatic heterocycles. The smallest absolute Gasteiger partial charge is 0.338 e. The Hall–Kier alpha value is -2.13. The fraction of sp³-hybridized carbons (Fsp3) is 0.529. The molecule has 0 radical (unpaired) electrons. The Balaban J connectivity index is 2.89. The molecule has 1 amide bonds. The van der Waals surface area contributed by atoms with Crippen LogP contribution in [0.2, 0.25) is 0 Å². The molecule has 1 unspecified atom stereocenters. The van der Waals surface area contributed by atoms with Crippen molar-refractivity contribution in [3.63, 3.8) is 0 Å². The third-order valence-corrected chi connectivity index (χ3v) is 5.46. The number of nitrogens with one attached hydrogen (secondary N) is 1. The quantitative estimate of drug-likeness (QED) is 0.644. The van der Waals surface area contributed by atoms with Gasteiger partial charge in [0, 0.05) is 20.1 Å². The van der Waals surface area contributed by atoms with Crippen LogP contribution < -0.4 is 10.1 Å². The zero-order chi connectivity index (χ0) is 19.9. The molecule has 1 aromatic carbocycles. The summed E-state index contributed by atoms with van der Waals surface area (Å²) in [7, 11) is 0.282. The van der Waals surface area contributed by atoms with Gasteiger partial charge >= 0.3 is 5.97 Å². The SMILES string of the molecule is CCCC(C)NC(=O)COC(=O)c1ccc(OC)c(S(=O)(=O)N(C)C)c1. The normalized spacial score (nSPS) is 12.5. The number of rotatable bonds is 9. The Morgan fingerprint density at radius 1 is 1.27 bits per heavy atom. The topological polar surface area (TPSA) is 102 Å². The molecule has 0 spiro atoms. The minimum absolute atomic E-state index is 0.0102. The molecular formula is C17H26N2O6S. The van der Waals surface area contributed by atoms with Crippen LogP contribution in [-0.4, -0.2) is 58.5 Å². The molecule has 0 saturated carbocycles. The number of hydrogen-bond donors (Lipinski definition) is 1. The molecule has 0 heterocycles.